The molecule has 0 bridgehead atoms. The third kappa shape index (κ3) is 2.17. The molecule has 0 fully saturated rings. The second kappa shape index (κ2) is 4.07. The fourth-order valence-electron chi connectivity index (χ4n) is 0.820. The maximum Gasteiger partial charge on any atom is 0.345 e. The molecule has 0 unspecified atom stereocenters. The van der Waals surface area contributed by atoms with E-state index in [9.17, 15) is 4.79 Å². The highest BCUT2D eigenvalue weighted by Gasteiger charge is 2.20. The molecule has 0 atom stereocenters. The lowest BCUT2D eigenvalue weighted by atomic mass is 10.4. The van der Waals surface area contributed by atoms with Crippen molar-refractivity contribution in [3.8, 4) is 0 Å². The zero-order valence-corrected chi connectivity index (χ0v) is 8.00. The lowest BCUT2D eigenvalue weighted by molar-refractivity contribution is -0.137. The highest BCUT2D eigenvalue weighted by atomic mass is 32.2. The average Bonchev–Trinajstić information content (AvgIpc) is 2.36. The third-order valence-corrected chi connectivity index (χ3v) is 3.02. The molecule has 0 N–H and O–H groups in total. The van der Waals surface area contributed by atoms with E-state index in [1.54, 1.807) is 6.92 Å². The number of rotatable bonds is 2. The van der Waals surface area contributed by atoms with Crippen LogP contribution in [0.15, 0.2) is 9.81 Å². The van der Waals surface area contributed by atoms with Crippen molar-refractivity contribution in [2.24, 2.45) is 0 Å². The minimum absolute atomic E-state index is 0.222. The van der Waals surface area contributed by atoms with Gasteiger partial charge in [-0.1, -0.05) is 0 Å². The van der Waals surface area contributed by atoms with Gasteiger partial charge in [0.2, 0.25) is 0 Å². The van der Waals surface area contributed by atoms with Crippen LogP contribution in [-0.2, 0) is 9.53 Å². The molecule has 62 valence electrons. The average molecular weight is 190 g/mol. The van der Waals surface area contributed by atoms with Crippen LogP contribution in [0.4, 0.5) is 0 Å². The first-order chi connectivity index (χ1) is 5.25. The zero-order chi connectivity index (χ0) is 8.27. The quantitative estimate of drug-likeness (QED) is 0.531. The summed E-state index contributed by atoms with van der Waals surface area (Å²) in [6.45, 7) is 2.24. The minimum Gasteiger partial charge on any atom is -0.462 e. The molecule has 11 heavy (non-hydrogen) atoms. The molecule has 1 rings (SSSR count). The first kappa shape index (κ1) is 9.00. The third-order valence-electron chi connectivity index (χ3n) is 1.31. The van der Waals surface area contributed by atoms with Gasteiger partial charge in [-0.2, -0.15) is 0 Å². The lowest BCUT2D eigenvalue weighted by Gasteiger charge is -2.01. The summed E-state index contributed by atoms with van der Waals surface area (Å²) in [6, 6.07) is 0. The van der Waals surface area contributed by atoms with Crippen LogP contribution in [0.25, 0.3) is 0 Å². The van der Waals surface area contributed by atoms with Crippen LogP contribution in [0.2, 0.25) is 0 Å². The molecule has 0 saturated heterocycles. The Morgan fingerprint density at radius 2 is 2.55 bits per heavy atom. The van der Waals surface area contributed by atoms with Gasteiger partial charge in [-0.05, 0) is 13.3 Å². The molecule has 0 aromatic carbocycles. The fraction of sp³-hybridized carbons (Fsp3) is 0.571. The van der Waals surface area contributed by atoms with E-state index in [4.69, 9.17) is 4.74 Å². The van der Waals surface area contributed by atoms with Gasteiger partial charge in [0, 0.05) is 10.7 Å². The second-order valence-electron chi connectivity index (χ2n) is 2.09. The number of allylic oxidation sites excluding steroid dienone is 1. The van der Waals surface area contributed by atoms with Gasteiger partial charge in [0.05, 0.1) is 6.61 Å². The Bertz CT molecular complexity index is 199. The van der Waals surface area contributed by atoms with Crippen molar-refractivity contribution in [1.82, 2.24) is 0 Å². The van der Waals surface area contributed by atoms with Crippen LogP contribution in [-0.4, -0.2) is 18.3 Å². The number of carbonyl (C=O) groups excluding carboxylic acids is 1. The summed E-state index contributed by atoms with van der Waals surface area (Å²) < 4.78 is 4.83. The van der Waals surface area contributed by atoms with Crippen LogP contribution in [0, 0.1) is 0 Å². The summed E-state index contributed by atoms with van der Waals surface area (Å²) in [4.78, 5) is 12.7. The number of hydrogen-bond acceptors (Lipinski definition) is 4. The van der Waals surface area contributed by atoms with Gasteiger partial charge in [0.1, 0.15) is 4.91 Å². The van der Waals surface area contributed by atoms with E-state index in [1.165, 1.54) is 11.8 Å². The Balaban J connectivity index is 2.59. The zero-order valence-electron chi connectivity index (χ0n) is 6.29. The van der Waals surface area contributed by atoms with Gasteiger partial charge in [0.25, 0.3) is 0 Å². The van der Waals surface area contributed by atoms with Crippen molar-refractivity contribution in [1.29, 1.82) is 0 Å². The van der Waals surface area contributed by atoms with E-state index in [2.05, 4.69) is 12.6 Å². The Morgan fingerprint density at radius 1 is 1.82 bits per heavy atom. The van der Waals surface area contributed by atoms with E-state index < -0.39 is 0 Å². The Hall–Kier alpha value is -0.0900. The molecule has 4 heteroatoms. The van der Waals surface area contributed by atoms with Crippen LogP contribution in [0.1, 0.15) is 13.3 Å². The molecule has 0 spiro atoms. The van der Waals surface area contributed by atoms with Crippen LogP contribution in [0.3, 0.4) is 0 Å². The second-order valence-corrected chi connectivity index (χ2v) is 3.74. The topological polar surface area (TPSA) is 26.3 Å². The van der Waals surface area contributed by atoms with Gasteiger partial charge in [-0.25, -0.2) is 4.79 Å². The first-order valence-electron chi connectivity index (χ1n) is 3.47. The number of esters is 1. The molecule has 0 amide bonds. The number of thiol groups is 1. The van der Waals surface area contributed by atoms with Crippen molar-refractivity contribution >= 4 is 30.4 Å². The van der Waals surface area contributed by atoms with Crippen molar-refractivity contribution in [2.45, 2.75) is 13.3 Å². The molecule has 1 aliphatic rings. The van der Waals surface area contributed by atoms with Crippen LogP contribution < -0.4 is 0 Å². The van der Waals surface area contributed by atoms with Crippen LogP contribution in [0.5, 0.6) is 0 Å². The maximum atomic E-state index is 11.1. The molecule has 2 nitrogen and oxygen atoms in total. The molecular formula is C7H10O2S2. The lowest BCUT2D eigenvalue weighted by Crippen LogP contribution is -2.04. The van der Waals surface area contributed by atoms with Gasteiger partial charge in [-0.15, -0.1) is 24.4 Å². The number of hydrogen-bond donors (Lipinski definition) is 1. The van der Waals surface area contributed by atoms with Gasteiger partial charge >= 0.3 is 5.97 Å². The van der Waals surface area contributed by atoms with E-state index >= 15 is 0 Å². The molecule has 1 heterocycles. The van der Waals surface area contributed by atoms with Crippen molar-refractivity contribution in [3.05, 3.63) is 9.81 Å². The van der Waals surface area contributed by atoms with Gasteiger partial charge < -0.3 is 4.74 Å². The monoisotopic (exact) mass is 190 g/mol. The number of ether oxygens (including phenoxy) is 1. The highest BCUT2D eigenvalue weighted by molar-refractivity contribution is 8.05. The summed E-state index contributed by atoms with van der Waals surface area (Å²) in [6.07, 6.45) is 0.891. The molecule has 0 radical (unpaired) electrons. The molecule has 0 saturated carbocycles. The van der Waals surface area contributed by atoms with E-state index in [0.29, 0.717) is 11.5 Å². The maximum absolute atomic E-state index is 11.1. The van der Waals surface area contributed by atoms with Crippen LogP contribution >= 0.6 is 24.4 Å². The SMILES string of the molecule is CCOC(=O)C1=C(S)CCS1. The van der Waals surface area contributed by atoms with E-state index in [1.807, 2.05) is 0 Å². The van der Waals surface area contributed by atoms with E-state index in [-0.39, 0.29) is 5.97 Å². The normalized spacial score (nSPS) is 17.3. The first-order valence-corrected chi connectivity index (χ1v) is 4.91. The number of carbonyl (C=O) groups is 1. The Kier molecular flexibility index (Phi) is 3.33. The molecule has 0 aromatic heterocycles. The van der Waals surface area contributed by atoms with E-state index in [0.717, 1.165) is 17.1 Å². The van der Waals surface area contributed by atoms with Gasteiger partial charge in [-0.3, -0.25) is 0 Å². The fourth-order valence-corrected chi connectivity index (χ4v) is 2.32. The van der Waals surface area contributed by atoms with Crippen molar-refractivity contribution in [3.63, 3.8) is 0 Å². The van der Waals surface area contributed by atoms with Crippen molar-refractivity contribution in [2.75, 3.05) is 12.4 Å². The molecule has 0 aromatic rings. The van der Waals surface area contributed by atoms with Crippen molar-refractivity contribution < 1.29 is 9.53 Å². The van der Waals surface area contributed by atoms with Gasteiger partial charge in [0.15, 0.2) is 0 Å². The molecule has 0 aliphatic carbocycles. The number of thioether (sulfide) groups is 1. The highest BCUT2D eigenvalue weighted by Crippen LogP contribution is 2.33. The summed E-state index contributed by atoms with van der Waals surface area (Å²) in [5, 5.41) is 0. The largest absolute Gasteiger partial charge is 0.462 e. The molecular weight excluding hydrogens is 180 g/mol. The summed E-state index contributed by atoms with van der Waals surface area (Å²) in [5.41, 5.74) is 0. The predicted molar refractivity (Wildman–Crippen MR) is 49.7 cm³/mol. The Labute approximate surface area is 75.8 Å². The standard InChI is InChI=1S/C7H10O2S2/c1-2-9-7(8)6-5(10)3-4-11-6/h10H,2-4H2,1H3. The summed E-state index contributed by atoms with van der Waals surface area (Å²) in [7, 11) is 0. The summed E-state index contributed by atoms with van der Waals surface area (Å²) in [5.74, 6) is 0.729. The molecule has 1 aliphatic heterocycles. The Morgan fingerprint density at radius 3 is 3.00 bits per heavy atom. The smallest absolute Gasteiger partial charge is 0.345 e. The predicted octanol–water partition coefficient (Wildman–Crippen LogP) is 1.83. The minimum atomic E-state index is -0.222. The summed E-state index contributed by atoms with van der Waals surface area (Å²) >= 11 is 5.70.